The number of hydrogen-bond donors (Lipinski definition) is 0. The van der Waals surface area contributed by atoms with Crippen LogP contribution in [-0.2, 0) is 11.3 Å². The Hall–Kier alpha value is -3.28. The van der Waals surface area contributed by atoms with Crippen LogP contribution in [0.4, 0.5) is 5.69 Å². The molecule has 0 saturated heterocycles. The van der Waals surface area contributed by atoms with E-state index in [1.807, 2.05) is 0 Å². The molecule has 23 heavy (non-hydrogen) atoms. The molecular weight excluding hydrogens is 304 g/mol. The number of carbonyl (C=O) groups excluding carboxylic acids is 2. The highest BCUT2D eigenvalue weighted by Crippen LogP contribution is 2.17. The van der Waals surface area contributed by atoms with E-state index in [-0.39, 0.29) is 24.4 Å². The number of nitriles is 1. The summed E-state index contributed by atoms with van der Waals surface area (Å²) in [6.07, 6.45) is 3.39. The van der Waals surface area contributed by atoms with Gasteiger partial charge in [-0.1, -0.05) is 0 Å². The summed E-state index contributed by atoms with van der Waals surface area (Å²) in [5, 5.41) is 23.4. The lowest BCUT2D eigenvalue weighted by Crippen LogP contribution is -2.24. The van der Waals surface area contributed by atoms with E-state index >= 15 is 0 Å². The minimum atomic E-state index is -1.47. The monoisotopic (exact) mass is 316 g/mol. The molecule has 0 N–H and O–H groups in total. The van der Waals surface area contributed by atoms with Crippen molar-refractivity contribution in [2.24, 2.45) is 5.92 Å². The zero-order chi connectivity index (χ0) is 17.0. The normalized spacial score (nSPS) is 11.7. The van der Waals surface area contributed by atoms with Crippen molar-refractivity contribution in [2.75, 3.05) is 0 Å². The molecule has 2 aromatic heterocycles. The Morgan fingerprint density at radius 2 is 2.30 bits per heavy atom. The summed E-state index contributed by atoms with van der Waals surface area (Å²) in [4.78, 5) is 34.2. The number of aryl methyl sites for hydroxylation is 2. The van der Waals surface area contributed by atoms with Gasteiger partial charge in [0.15, 0.2) is 17.5 Å². The van der Waals surface area contributed by atoms with Gasteiger partial charge in [0.25, 0.3) is 0 Å². The van der Waals surface area contributed by atoms with Crippen molar-refractivity contribution in [3.63, 3.8) is 0 Å². The highest BCUT2D eigenvalue weighted by atomic mass is 16.6. The first-order chi connectivity index (χ1) is 10.9. The Morgan fingerprint density at radius 1 is 1.57 bits per heavy atom. The summed E-state index contributed by atoms with van der Waals surface area (Å²) in [6.45, 7) is 1.67. The van der Waals surface area contributed by atoms with Crippen LogP contribution >= 0.6 is 0 Å². The number of carbonyl (C=O) groups is 2. The molecule has 118 valence electrons. The molecule has 0 fully saturated rings. The van der Waals surface area contributed by atoms with Gasteiger partial charge in [-0.25, -0.2) is 0 Å². The molecule has 0 spiro atoms. The summed E-state index contributed by atoms with van der Waals surface area (Å²) < 4.78 is 6.22. The van der Waals surface area contributed by atoms with Gasteiger partial charge in [-0.15, -0.1) is 0 Å². The highest BCUT2D eigenvalue weighted by Gasteiger charge is 2.30. The minimum Gasteiger partial charge on any atom is -0.461 e. The van der Waals surface area contributed by atoms with Crippen LogP contribution in [0.25, 0.3) is 0 Å². The van der Waals surface area contributed by atoms with E-state index in [9.17, 15) is 19.7 Å². The maximum atomic E-state index is 12.2. The van der Waals surface area contributed by atoms with Crippen LogP contribution in [0.5, 0.6) is 0 Å². The van der Waals surface area contributed by atoms with E-state index in [0.29, 0.717) is 5.56 Å². The summed E-state index contributed by atoms with van der Waals surface area (Å²) >= 11 is 0. The SMILES string of the molecule is Cc1ccoc1C(=O)[C@H](C#N)C(=O)CCn1cc([N+](=O)[O-])cn1. The topological polar surface area (TPSA) is 132 Å². The van der Waals surface area contributed by atoms with Crippen molar-refractivity contribution in [1.29, 1.82) is 5.26 Å². The van der Waals surface area contributed by atoms with Gasteiger partial charge in [0.05, 0.1) is 17.3 Å². The van der Waals surface area contributed by atoms with E-state index in [2.05, 4.69) is 5.10 Å². The molecular formula is C14H12N4O5. The Kier molecular flexibility index (Phi) is 4.66. The van der Waals surface area contributed by atoms with Crippen LogP contribution in [0.3, 0.4) is 0 Å². The number of furan rings is 1. The second kappa shape index (κ2) is 6.65. The highest BCUT2D eigenvalue weighted by molar-refractivity contribution is 6.12. The van der Waals surface area contributed by atoms with Crippen LogP contribution in [0.2, 0.25) is 0 Å². The van der Waals surface area contributed by atoms with Crippen molar-refractivity contribution in [3.05, 3.63) is 46.2 Å². The van der Waals surface area contributed by atoms with E-state index < -0.39 is 22.4 Å². The molecule has 0 amide bonds. The third-order valence-corrected chi connectivity index (χ3v) is 3.22. The van der Waals surface area contributed by atoms with Gasteiger partial charge in [0.2, 0.25) is 5.78 Å². The molecule has 0 aliphatic carbocycles. The average molecular weight is 316 g/mol. The van der Waals surface area contributed by atoms with Crippen molar-refractivity contribution in [3.8, 4) is 6.07 Å². The smallest absolute Gasteiger partial charge is 0.306 e. The number of Topliss-reactive ketones (excluding diaryl/α,β-unsaturated/α-hetero) is 2. The molecule has 2 rings (SSSR count). The summed E-state index contributed by atoms with van der Waals surface area (Å²) in [5.41, 5.74) is 0.349. The Bertz CT molecular complexity index is 798. The van der Waals surface area contributed by atoms with E-state index in [0.717, 1.165) is 6.20 Å². The third kappa shape index (κ3) is 3.49. The average Bonchev–Trinajstić information content (AvgIpc) is 3.14. The second-order valence-corrected chi connectivity index (χ2v) is 4.79. The Balaban J connectivity index is 2.03. The van der Waals surface area contributed by atoms with Crippen LogP contribution in [0, 0.1) is 34.3 Å². The number of rotatable bonds is 7. The molecule has 0 radical (unpaired) electrons. The van der Waals surface area contributed by atoms with Gasteiger partial charge in [-0.05, 0) is 18.6 Å². The Morgan fingerprint density at radius 3 is 2.83 bits per heavy atom. The van der Waals surface area contributed by atoms with Crippen molar-refractivity contribution in [1.82, 2.24) is 9.78 Å². The lowest BCUT2D eigenvalue weighted by Gasteiger charge is -2.06. The molecule has 0 aromatic carbocycles. The van der Waals surface area contributed by atoms with E-state index in [1.165, 1.54) is 17.1 Å². The first kappa shape index (κ1) is 16.1. The lowest BCUT2D eigenvalue weighted by molar-refractivity contribution is -0.385. The molecule has 0 aliphatic rings. The Labute approximate surface area is 130 Å². The molecule has 1 atom stereocenters. The van der Waals surface area contributed by atoms with Gasteiger partial charge < -0.3 is 4.42 Å². The molecule has 9 heteroatoms. The molecule has 0 unspecified atom stereocenters. The van der Waals surface area contributed by atoms with Gasteiger partial charge in [0, 0.05) is 13.0 Å². The van der Waals surface area contributed by atoms with Crippen molar-refractivity contribution >= 4 is 17.3 Å². The number of nitro groups is 1. The number of aromatic nitrogens is 2. The fourth-order valence-corrected chi connectivity index (χ4v) is 1.97. The number of nitrogens with zero attached hydrogens (tertiary/aromatic N) is 4. The second-order valence-electron chi connectivity index (χ2n) is 4.79. The largest absolute Gasteiger partial charge is 0.461 e. The molecule has 0 bridgehead atoms. The number of hydrogen-bond acceptors (Lipinski definition) is 7. The summed E-state index contributed by atoms with van der Waals surface area (Å²) in [5.74, 6) is -2.76. The molecule has 2 aromatic rings. The van der Waals surface area contributed by atoms with Crippen molar-refractivity contribution < 1.29 is 18.9 Å². The van der Waals surface area contributed by atoms with Crippen LogP contribution in [0.1, 0.15) is 22.5 Å². The van der Waals surface area contributed by atoms with Crippen LogP contribution in [0.15, 0.2) is 29.1 Å². The van der Waals surface area contributed by atoms with Gasteiger partial charge in [-0.3, -0.25) is 24.4 Å². The first-order valence-electron chi connectivity index (χ1n) is 6.61. The zero-order valence-electron chi connectivity index (χ0n) is 12.1. The molecule has 0 aliphatic heterocycles. The van der Waals surface area contributed by atoms with Crippen LogP contribution < -0.4 is 0 Å². The maximum absolute atomic E-state index is 12.2. The zero-order valence-corrected chi connectivity index (χ0v) is 12.1. The standard InChI is InChI=1S/C14H12N4O5/c1-9-3-5-23-14(9)13(20)11(6-15)12(19)2-4-17-8-10(7-16-17)18(21)22/h3,5,7-8,11H,2,4H2,1H3/t11-/m1/s1. The third-order valence-electron chi connectivity index (χ3n) is 3.22. The quantitative estimate of drug-likeness (QED) is 0.328. The van der Waals surface area contributed by atoms with E-state index in [1.54, 1.807) is 19.1 Å². The molecule has 0 saturated carbocycles. The fourth-order valence-electron chi connectivity index (χ4n) is 1.97. The van der Waals surface area contributed by atoms with Gasteiger partial charge in [0.1, 0.15) is 12.4 Å². The number of ketones is 2. The summed E-state index contributed by atoms with van der Waals surface area (Å²) in [6, 6.07) is 3.24. The van der Waals surface area contributed by atoms with Crippen LogP contribution in [-0.4, -0.2) is 26.3 Å². The minimum absolute atomic E-state index is 0.0142. The maximum Gasteiger partial charge on any atom is 0.306 e. The summed E-state index contributed by atoms with van der Waals surface area (Å²) in [7, 11) is 0. The lowest BCUT2D eigenvalue weighted by atomic mass is 9.95. The fraction of sp³-hybridized carbons (Fsp3) is 0.286. The van der Waals surface area contributed by atoms with Crippen molar-refractivity contribution in [2.45, 2.75) is 19.9 Å². The van der Waals surface area contributed by atoms with Gasteiger partial charge in [-0.2, -0.15) is 10.4 Å². The molecule has 9 nitrogen and oxygen atoms in total. The predicted molar refractivity (Wildman–Crippen MR) is 75.4 cm³/mol. The predicted octanol–water partition coefficient (Wildman–Crippen LogP) is 1.67. The molecule has 2 heterocycles. The van der Waals surface area contributed by atoms with E-state index in [4.69, 9.17) is 9.68 Å². The first-order valence-corrected chi connectivity index (χ1v) is 6.61. The van der Waals surface area contributed by atoms with Gasteiger partial charge >= 0.3 is 5.69 Å².